The zero-order valence-corrected chi connectivity index (χ0v) is 11.2. The summed E-state index contributed by atoms with van der Waals surface area (Å²) in [5, 5.41) is 0. The van der Waals surface area contributed by atoms with E-state index in [1.54, 1.807) is 13.8 Å². The predicted octanol–water partition coefficient (Wildman–Crippen LogP) is 2.58. The van der Waals surface area contributed by atoms with E-state index in [1.807, 2.05) is 19.1 Å². The molecule has 1 saturated carbocycles. The van der Waals surface area contributed by atoms with E-state index in [9.17, 15) is 9.59 Å². The fourth-order valence-electron chi connectivity index (χ4n) is 2.93. The van der Waals surface area contributed by atoms with Gasteiger partial charge in [-0.25, -0.2) is 0 Å². The van der Waals surface area contributed by atoms with E-state index in [4.69, 9.17) is 9.47 Å². The van der Waals surface area contributed by atoms with Crippen LogP contribution in [0.1, 0.15) is 46.5 Å². The molecule has 1 saturated heterocycles. The lowest BCUT2D eigenvalue weighted by atomic mass is 9.65. The average molecular weight is 252 g/mol. The van der Waals surface area contributed by atoms with Gasteiger partial charge < -0.3 is 9.47 Å². The van der Waals surface area contributed by atoms with Crippen molar-refractivity contribution < 1.29 is 19.1 Å². The van der Waals surface area contributed by atoms with Crippen molar-refractivity contribution in [1.29, 1.82) is 0 Å². The van der Waals surface area contributed by atoms with Crippen LogP contribution in [0.25, 0.3) is 0 Å². The van der Waals surface area contributed by atoms with Gasteiger partial charge in [-0.3, -0.25) is 9.59 Å². The van der Waals surface area contributed by atoms with E-state index in [-0.39, 0.29) is 5.92 Å². The van der Waals surface area contributed by atoms with Crippen LogP contribution in [0.3, 0.4) is 0 Å². The molecule has 4 nitrogen and oxygen atoms in total. The second-order valence-corrected chi connectivity index (χ2v) is 5.53. The third-order valence-corrected chi connectivity index (χ3v) is 3.80. The summed E-state index contributed by atoms with van der Waals surface area (Å²) in [5.74, 6) is -2.09. The van der Waals surface area contributed by atoms with Crippen LogP contribution in [0, 0.1) is 11.3 Å². The Balaban J connectivity index is 2.38. The highest BCUT2D eigenvalue weighted by molar-refractivity contribution is 6.02. The van der Waals surface area contributed by atoms with Crippen LogP contribution in [-0.2, 0) is 19.1 Å². The first-order valence-corrected chi connectivity index (χ1v) is 6.52. The van der Waals surface area contributed by atoms with Crippen molar-refractivity contribution in [2.45, 2.75) is 52.2 Å². The maximum absolute atomic E-state index is 12.3. The average Bonchev–Trinajstić information content (AvgIpc) is 2.27. The minimum absolute atomic E-state index is 0.104. The lowest BCUT2D eigenvalue weighted by molar-refractivity contribution is -0.256. The van der Waals surface area contributed by atoms with Gasteiger partial charge >= 0.3 is 11.9 Å². The van der Waals surface area contributed by atoms with Gasteiger partial charge in [-0.15, -0.1) is 0 Å². The molecule has 2 aliphatic rings. The van der Waals surface area contributed by atoms with Gasteiger partial charge in [0.15, 0.2) is 5.41 Å². The van der Waals surface area contributed by atoms with Crippen molar-refractivity contribution >= 4 is 11.9 Å². The number of rotatable bonds is 1. The van der Waals surface area contributed by atoms with Gasteiger partial charge in [0.1, 0.15) is 0 Å². The number of carbonyl (C=O) groups excluding carboxylic acids is 2. The van der Waals surface area contributed by atoms with E-state index >= 15 is 0 Å². The van der Waals surface area contributed by atoms with Crippen molar-refractivity contribution in [3.63, 3.8) is 0 Å². The van der Waals surface area contributed by atoms with Crippen molar-refractivity contribution in [1.82, 2.24) is 0 Å². The molecule has 1 heterocycles. The number of esters is 2. The van der Waals surface area contributed by atoms with Gasteiger partial charge in [0, 0.05) is 19.8 Å². The second-order valence-electron chi connectivity index (χ2n) is 5.53. The highest BCUT2D eigenvalue weighted by Crippen LogP contribution is 2.47. The van der Waals surface area contributed by atoms with E-state index in [1.165, 1.54) is 0 Å². The zero-order chi connectivity index (χ0) is 13.4. The molecule has 1 unspecified atom stereocenters. The summed E-state index contributed by atoms with van der Waals surface area (Å²) in [6.07, 6.45) is 7.06. The van der Waals surface area contributed by atoms with Gasteiger partial charge in [0.2, 0.25) is 0 Å². The Morgan fingerprint density at radius 3 is 2.33 bits per heavy atom. The Hall–Kier alpha value is -1.32. The SMILES string of the molecule is C/C=C/C1CCCCC12C(=O)OC(C)(C)OC2=O. The molecule has 18 heavy (non-hydrogen) atoms. The molecule has 0 aromatic rings. The van der Waals surface area contributed by atoms with Crippen LogP contribution in [0.15, 0.2) is 12.2 Å². The molecule has 100 valence electrons. The molecule has 2 fully saturated rings. The van der Waals surface area contributed by atoms with Crippen LogP contribution in [0.5, 0.6) is 0 Å². The van der Waals surface area contributed by atoms with Gasteiger partial charge in [0.25, 0.3) is 5.79 Å². The van der Waals surface area contributed by atoms with Crippen LogP contribution in [-0.4, -0.2) is 17.7 Å². The number of allylic oxidation sites excluding steroid dienone is 2. The van der Waals surface area contributed by atoms with Crippen LogP contribution >= 0.6 is 0 Å². The van der Waals surface area contributed by atoms with Gasteiger partial charge in [-0.1, -0.05) is 25.0 Å². The van der Waals surface area contributed by atoms with Gasteiger partial charge in [-0.05, 0) is 19.8 Å². The molecule has 1 aliphatic heterocycles. The smallest absolute Gasteiger partial charge is 0.327 e. The third kappa shape index (κ3) is 1.93. The highest BCUT2D eigenvalue weighted by Gasteiger charge is 2.60. The Labute approximate surface area is 107 Å². The molecule has 1 atom stereocenters. The molecule has 0 aromatic carbocycles. The van der Waals surface area contributed by atoms with Crippen LogP contribution in [0.2, 0.25) is 0 Å². The first-order valence-electron chi connectivity index (χ1n) is 6.52. The molecule has 0 radical (unpaired) electrons. The van der Waals surface area contributed by atoms with Crippen molar-refractivity contribution in [3.8, 4) is 0 Å². The lowest BCUT2D eigenvalue weighted by Crippen LogP contribution is -2.57. The van der Waals surface area contributed by atoms with Crippen LogP contribution < -0.4 is 0 Å². The molecule has 0 bridgehead atoms. The molecule has 1 aliphatic carbocycles. The minimum atomic E-state index is -1.14. The third-order valence-electron chi connectivity index (χ3n) is 3.80. The minimum Gasteiger partial charge on any atom is -0.422 e. The van der Waals surface area contributed by atoms with E-state index in [0.717, 1.165) is 19.3 Å². The molecule has 1 spiro atoms. The monoisotopic (exact) mass is 252 g/mol. The summed E-state index contributed by atoms with van der Waals surface area (Å²) < 4.78 is 10.6. The molecule has 4 heteroatoms. The molecular weight excluding hydrogens is 232 g/mol. The Morgan fingerprint density at radius 2 is 1.78 bits per heavy atom. The largest absolute Gasteiger partial charge is 0.422 e. The Kier molecular flexibility index (Phi) is 3.21. The van der Waals surface area contributed by atoms with Crippen LogP contribution in [0.4, 0.5) is 0 Å². The fourth-order valence-corrected chi connectivity index (χ4v) is 2.93. The molecule has 0 N–H and O–H groups in total. The van der Waals surface area contributed by atoms with Gasteiger partial charge in [-0.2, -0.15) is 0 Å². The van der Waals surface area contributed by atoms with Crippen molar-refractivity contribution in [2.75, 3.05) is 0 Å². The standard InChI is InChI=1S/C14H20O4/c1-4-7-10-8-5-6-9-14(10)11(15)17-13(2,3)18-12(14)16/h4,7,10H,5-6,8-9H2,1-3H3/b7-4+. The molecule has 0 aromatic heterocycles. The number of carbonyl (C=O) groups is 2. The topological polar surface area (TPSA) is 52.6 Å². The van der Waals surface area contributed by atoms with Crippen molar-refractivity contribution in [3.05, 3.63) is 12.2 Å². The van der Waals surface area contributed by atoms with Crippen molar-refractivity contribution in [2.24, 2.45) is 11.3 Å². The normalized spacial score (nSPS) is 30.3. The summed E-state index contributed by atoms with van der Waals surface area (Å²) in [5.41, 5.74) is -1.11. The summed E-state index contributed by atoms with van der Waals surface area (Å²) in [6.45, 7) is 5.07. The predicted molar refractivity (Wildman–Crippen MR) is 65.5 cm³/mol. The molecule has 0 amide bonds. The van der Waals surface area contributed by atoms with E-state index in [0.29, 0.717) is 6.42 Å². The second kappa shape index (κ2) is 4.41. The Bertz CT molecular complexity index is 375. The highest BCUT2D eigenvalue weighted by atomic mass is 16.7. The summed E-state index contributed by atoms with van der Waals surface area (Å²) >= 11 is 0. The maximum atomic E-state index is 12.3. The first kappa shape index (κ1) is 13.1. The summed E-state index contributed by atoms with van der Waals surface area (Å²) in [6, 6.07) is 0. The number of cyclic esters (lactones) is 2. The lowest BCUT2D eigenvalue weighted by Gasteiger charge is -2.45. The number of hydrogen-bond acceptors (Lipinski definition) is 4. The Morgan fingerprint density at radius 1 is 1.17 bits per heavy atom. The van der Waals surface area contributed by atoms with E-state index in [2.05, 4.69) is 0 Å². The van der Waals surface area contributed by atoms with Gasteiger partial charge in [0.05, 0.1) is 0 Å². The quantitative estimate of drug-likeness (QED) is 0.409. The molecular formula is C14H20O4. The number of ether oxygens (including phenoxy) is 2. The first-order chi connectivity index (χ1) is 8.42. The molecule has 2 rings (SSSR count). The summed E-state index contributed by atoms with van der Waals surface area (Å²) in [4.78, 5) is 24.7. The maximum Gasteiger partial charge on any atom is 0.327 e. The zero-order valence-electron chi connectivity index (χ0n) is 11.2. The number of hydrogen-bond donors (Lipinski definition) is 0. The summed E-state index contributed by atoms with van der Waals surface area (Å²) in [7, 11) is 0. The van der Waals surface area contributed by atoms with E-state index < -0.39 is 23.1 Å². The fraction of sp³-hybridized carbons (Fsp3) is 0.714.